The number of rotatable bonds is 5. The first kappa shape index (κ1) is 13.5. The molecule has 1 unspecified atom stereocenters. The van der Waals surface area contributed by atoms with Crippen LogP contribution in [0, 0.1) is 0 Å². The summed E-state index contributed by atoms with van der Waals surface area (Å²) in [4.78, 5) is 13.9. The molecular weight excluding hydrogens is 202 g/mol. The maximum Gasteiger partial charge on any atom is 0.234 e. The summed E-state index contributed by atoms with van der Waals surface area (Å²) in [6, 6.07) is 0.398. The summed E-state index contributed by atoms with van der Waals surface area (Å²) in [6.45, 7) is 5.04. The van der Waals surface area contributed by atoms with E-state index >= 15 is 0 Å². The van der Waals surface area contributed by atoms with Crippen LogP contribution in [0.15, 0.2) is 0 Å². The molecule has 3 N–H and O–H groups in total. The number of carbonyl (C=O) groups is 1. The van der Waals surface area contributed by atoms with Crippen LogP contribution in [0.25, 0.3) is 0 Å². The van der Waals surface area contributed by atoms with Crippen molar-refractivity contribution in [3.05, 3.63) is 0 Å². The fourth-order valence-corrected chi connectivity index (χ4v) is 2.22. The molecule has 4 heteroatoms. The Kier molecular flexibility index (Phi) is 6.42. The molecule has 0 radical (unpaired) electrons. The minimum absolute atomic E-state index is 0.141. The van der Waals surface area contributed by atoms with E-state index in [4.69, 9.17) is 5.73 Å². The zero-order chi connectivity index (χ0) is 11.8. The molecule has 1 aliphatic rings. The molecule has 16 heavy (non-hydrogen) atoms. The van der Waals surface area contributed by atoms with Gasteiger partial charge in [0.25, 0.3) is 0 Å². The average molecular weight is 227 g/mol. The number of likely N-dealkylation sites (tertiary alicyclic amines) is 1. The van der Waals surface area contributed by atoms with Crippen LogP contribution >= 0.6 is 0 Å². The Morgan fingerprint density at radius 3 is 2.94 bits per heavy atom. The maximum atomic E-state index is 11.7. The molecular formula is C12H25N3O. The lowest BCUT2D eigenvalue weighted by Crippen LogP contribution is -2.45. The van der Waals surface area contributed by atoms with Crippen LogP contribution in [0.1, 0.15) is 39.0 Å². The molecule has 4 nitrogen and oxygen atoms in total. The number of nitrogens with two attached hydrogens (primary N) is 1. The van der Waals surface area contributed by atoms with Gasteiger partial charge in [0, 0.05) is 19.1 Å². The van der Waals surface area contributed by atoms with Gasteiger partial charge in [0.15, 0.2) is 0 Å². The molecule has 0 bridgehead atoms. The van der Waals surface area contributed by atoms with Crippen molar-refractivity contribution < 1.29 is 4.79 Å². The Morgan fingerprint density at radius 1 is 1.44 bits per heavy atom. The van der Waals surface area contributed by atoms with Crippen molar-refractivity contribution in [1.82, 2.24) is 10.2 Å². The molecule has 0 aromatic rings. The number of hydrogen-bond acceptors (Lipinski definition) is 3. The third-order valence-electron chi connectivity index (χ3n) is 3.19. The zero-order valence-corrected chi connectivity index (χ0v) is 10.4. The zero-order valence-electron chi connectivity index (χ0n) is 10.4. The van der Waals surface area contributed by atoms with Gasteiger partial charge in [-0.15, -0.1) is 0 Å². The Labute approximate surface area is 98.6 Å². The van der Waals surface area contributed by atoms with Crippen LogP contribution in [0.3, 0.4) is 0 Å². The second-order valence-electron chi connectivity index (χ2n) is 4.56. The number of amides is 1. The SMILES string of the molecule is CCCNC(=O)CN1CCCCCC1CN. The molecule has 1 atom stereocenters. The van der Waals surface area contributed by atoms with E-state index in [1.54, 1.807) is 0 Å². The third kappa shape index (κ3) is 4.49. The summed E-state index contributed by atoms with van der Waals surface area (Å²) < 4.78 is 0. The monoisotopic (exact) mass is 227 g/mol. The predicted octanol–water partition coefficient (Wildman–Crippen LogP) is 0.716. The molecule has 94 valence electrons. The normalized spacial score (nSPS) is 22.8. The lowest BCUT2D eigenvalue weighted by Gasteiger charge is -2.28. The van der Waals surface area contributed by atoms with Crippen molar-refractivity contribution in [3.63, 3.8) is 0 Å². The van der Waals surface area contributed by atoms with E-state index in [2.05, 4.69) is 17.1 Å². The van der Waals surface area contributed by atoms with Gasteiger partial charge in [0.2, 0.25) is 5.91 Å². The van der Waals surface area contributed by atoms with Crippen LogP contribution in [-0.4, -0.2) is 43.0 Å². The highest BCUT2D eigenvalue weighted by Crippen LogP contribution is 2.15. The van der Waals surface area contributed by atoms with Gasteiger partial charge in [-0.2, -0.15) is 0 Å². The van der Waals surface area contributed by atoms with Gasteiger partial charge in [-0.1, -0.05) is 19.8 Å². The van der Waals surface area contributed by atoms with Crippen LogP contribution in [0.4, 0.5) is 0 Å². The Bertz CT molecular complexity index is 208. The predicted molar refractivity (Wildman–Crippen MR) is 66.2 cm³/mol. The van der Waals surface area contributed by atoms with E-state index in [1.807, 2.05) is 0 Å². The van der Waals surface area contributed by atoms with Crippen molar-refractivity contribution in [1.29, 1.82) is 0 Å². The topological polar surface area (TPSA) is 58.4 Å². The van der Waals surface area contributed by atoms with Gasteiger partial charge in [0.1, 0.15) is 0 Å². The quantitative estimate of drug-likeness (QED) is 0.727. The van der Waals surface area contributed by atoms with Crippen LogP contribution in [-0.2, 0) is 4.79 Å². The van der Waals surface area contributed by atoms with Gasteiger partial charge >= 0.3 is 0 Å². The smallest absolute Gasteiger partial charge is 0.234 e. The largest absolute Gasteiger partial charge is 0.355 e. The maximum absolute atomic E-state index is 11.7. The summed E-state index contributed by atoms with van der Waals surface area (Å²) in [6.07, 6.45) is 5.83. The second-order valence-corrected chi connectivity index (χ2v) is 4.56. The first-order chi connectivity index (χ1) is 7.77. The van der Waals surface area contributed by atoms with E-state index < -0.39 is 0 Å². The molecule has 1 saturated heterocycles. The first-order valence-corrected chi connectivity index (χ1v) is 6.48. The summed E-state index contributed by atoms with van der Waals surface area (Å²) in [7, 11) is 0. The van der Waals surface area contributed by atoms with Gasteiger partial charge < -0.3 is 11.1 Å². The van der Waals surface area contributed by atoms with E-state index in [9.17, 15) is 4.79 Å². The molecule has 1 heterocycles. The highest BCUT2D eigenvalue weighted by Gasteiger charge is 2.21. The third-order valence-corrected chi connectivity index (χ3v) is 3.19. The number of nitrogens with one attached hydrogen (secondary N) is 1. The van der Waals surface area contributed by atoms with Crippen molar-refractivity contribution in [2.24, 2.45) is 5.73 Å². The standard InChI is InChI=1S/C12H25N3O/c1-2-7-14-12(16)10-15-8-5-3-4-6-11(15)9-13/h11H,2-10,13H2,1H3,(H,14,16). The van der Waals surface area contributed by atoms with E-state index in [0.29, 0.717) is 19.1 Å². The molecule has 0 aromatic heterocycles. The minimum Gasteiger partial charge on any atom is -0.355 e. The summed E-state index contributed by atoms with van der Waals surface area (Å²) in [5.41, 5.74) is 5.77. The fourth-order valence-electron chi connectivity index (χ4n) is 2.22. The molecule has 0 spiro atoms. The van der Waals surface area contributed by atoms with Crippen molar-refractivity contribution in [3.8, 4) is 0 Å². The lowest BCUT2D eigenvalue weighted by atomic mass is 10.1. The summed E-state index contributed by atoms with van der Waals surface area (Å²) in [5.74, 6) is 0.141. The molecule has 0 aliphatic carbocycles. The molecule has 1 fully saturated rings. The Morgan fingerprint density at radius 2 is 2.25 bits per heavy atom. The van der Waals surface area contributed by atoms with Crippen molar-refractivity contribution >= 4 is 5.91 Å². The lowest BCUT2D eigenvalue weighted by molar-refractivity contribution is -0.122. The molecule has 1 amide bonds. The van der Waals surface area contributed by atoms with Gasteiger partial charge in [-0.3, -0.25) is 9.69 Å². The van der Waals surface area contributed by atoms with Crippen molar-refractivity contribution in [2.75, 3.05) is 26.2 Å². The molecule has 0 saturated carbocycles. The van der Waals surface area contributed by atoms with Crippen LogP contribution in [0.5, 0.6) is 0 Å². The molecule has 1 rings (SSSR count). The second kappa shape index (κ2) is 7.63. The van der Waals surface area contributed by atoms with Crippen LogP contribution < -0.4 is 11.1 Å². The van der Waals surface area contributed by atoms with Gasteiger partial charge in [-0.25, -0.2) is 0 Å². The first-order valence-electron chi connectivity index (χ1n) is 6.48. The van der Waals surface area contributed by atoms with E-state index in [0.717, 1.165) is 25.9 Å². The van der Waals surface area contributed by atoms with Crippen LogP contribution in [0.2, 0.25) is 0 Å². The molecule has 0 aromatic carbocycles. The average Bonchev–Trinajstić information content (AvgIpc) is 2.51. The molecule has 1 aliphatic heterocycles. The summed E-state index contributed by atoms with van der Waals surface area (Å²) in [5, 5.41) is 2.92. The summed E-state index contributed by atoms with van der Waals surface area (Å²) >= 11 is 0. The number of carbonyl (C=O) groups excluding carboxylic acids is 1. The Hall–Kier alpha value is -0.610. The van der Waals surface area contributed by atoms with Gasteiger partial charge in [-0.05, 0) is 25.8 Å². The minimum atomic E-state index is 0.141. The Balaban J connectivity index is 2.38. The fraction of sp³-hybridized carbons (Fsp3) is 0.917. The number of nitrogens with zero attached hydrogens (tertiary/aromatic N) is 1. The van der Waals surface area contributed by atoms with Gasteiger partial charge in [0.05, 0.1) is 6.54 Å². The number of hydrogen-bond donors (Lipinski definition) is 2. The van der Waals surface area contributed by atoms with E-state index in [1.165, 1.54) is 19.3 Å². The highest BCUT2D eigenvalue weighted by molar-refractivity contribution is 5.78. The van der Waals surface area contributed by atoms with Crippen molar-refractivity contribution in [2.45, 2.75) is 45.1 Å². The highest BCUT2D eigenvalue weighted by atomic mass is 16.2. The van der Waals surface area contributed by atoms with E-state index in [-0.39, 0.29) is 5.91 Å².